The van der Waals surface area contributed by atoms with Crippen molar-refractivity contribution in [2.75, 3.05) is 0 Å². The van der Waals surface area contributed by atoms with Gasteiger partial charge in [0.15, 0.2) is 0 Å². The van der Waals surface area contributed by atoms with Crippen LogP contribution >= 0.6 is 0 Å². The van der Waals surface area contributed by atoms with Crippen LogP contribution in [0.15, 0.2) is 0 Å². The van der Waals surface area contributed by atoms with Crippen LogP contribution in [0.1, 0.15) is 38.5 Å². The minimum Gasteiger partial charge on any atom is -0.465 e. The highest BCUT2D eigenvalue weighted by atomic mass is 16.5. The molecule has 3 heteroatoms. The van der Waals surface area contributed by atoms with Crippen LogP contribution in [0.5, 0.6) is 0 Å². The van der Waals surface area contributed by atoms with Crippen molar-refractivity contribution < 1.29 is 14.6 Å². The summed E-state index contributed by atoms with van der Waals surface area (Å²) in [5.41, 5.74) is 0. The van der Waals surface area contributed by atoms with Crippen LogP contribution in [0, 0.1) is 11.8 Å². The van der Waals surface area contributed by atoms with E-state index in [0.29, 0.717) is 18.3 Å². The number of aliphatic hydroxyl groups excluding tert-OH is 1. The molecule has 4 atom stereocenters. The Labute approximate surface area is 84.4 Å². The molecule has 3 nitrogen and oxygen atoms in total. The Hall–Kier alpha value is -0.570. The van der Waals surface area contributed by atoms with Crippen molar-refractivity contribution in [2.24, 2.45) is 11.8 Å². The normalized spacial score (nSPS) is 42.6. The summed E-state index contributed by atoms with van der Waals surface area (Å²) in [5.74, 6) is 1.05. The second-order valence-corrected chi connectivity index (χ2v) is 4.59. The molecule has 0 amide bonds. The molecular weight excluding hydrogens is 180 g/mol. The van der Waals surface area contributed by atoms with Crippen molar-refractivity contribution in [3.63, 3.8) is 0 Å². The van der Waals surface area contributed by atoms with E-state index >= 15 is 0 Å². The van der Waals surface area contributed by atoms with Crippen molar-refractivity contribution in [2.45, 2.75) is 50.7 Å². The fourth-order valence-corrected chi connectivity index (χ4v) is 3.09. The van der Waals surface area contributed by atoms with Crippen LogP contribution in [0.3, 0.4) is 0 Å². The number of aliphatic hydroxyl groups is 1. The summed E-state index contributed by atoms with van der Waals surface area (Å²) in [4.78, 5) is 10.2. The first-order valence-electron chi connectivity index (χ1n) is 5.58. The number of ether oxygens (including phenoxy) is 1. The predicted octanol–water partition coefficient (Wildman–Crippen LogP) is 1.49. The zero-order chi connectivity index (χ0) is 9.97. The molecule has 0 bridgehead atoms. The van der Waals surface area contributed by atoms with Gasteiger partial charge >= 0.3 is 0 Å². The third kappa shape index (κ3) is 1.92. The summed E-state index contributed by atoms with van der Waals surface area (Å²) in [7, 11) is 0. The van der Waals surface area contributed by atoms with Crippen LogP contribution in [-0.2, 0) is 9.53 Å². The molecule has 2 rings (SSSR count). The summed E-state index contributed by atoms with van der Waals surface area (Å²) >= 11 is 0. The molecule has 0 heterocycles. The van der Waals surface area contributed by atoms with E-state index in [1.807, 2.05) is 0 Å². The first-order valence-corrected chi connectivity index (χ1v) is 5.58. The Balaban J connectivity index is 1.92. The maximum Gasteiger partial charge on any atom is 0.293 e. The van der Waals surface area contributed by atoms with Gasteiger partial charge in [-0.3, -0.25) is 4.79 Å². The molecule has 0 aromatic rings. The van der Waals surface area contributed by atoms with Crippen molar-refractivity contribution in [1.82, 2.24) is 0 Å². The van der Waals surface area contributed by atoms with Gasteiger partial charge < -0.3 is 9.84 Å². The summed E-state index contributed by atoms with van der Waals surface area (Å²) in [5, 5.41) is 9.81. The van der Waals surface area contributed by atoms with E-state index in [0.717, 1.165) is 32.1 Å². The summed E-state index contributed by atoms with van der Waals surface area (Å²) in [6, 6.07) is 0. The minimum atomic E-state index is -0.106. The van der Waals surface area contributed by atoms with E-state index in [1.165, 1.54) is 6.42 Å². The Morgan fingerprint density at radius 2 is 2.07 bits per heavy atom. The van der Waals surface area contributed by atoms with Gasteiger partial charge in [-0.25, -0.2) is 0 Å². The van der Waals surface area contributed by atoms with E-state index in [1.54, 1.807) is 0 Å². The second kappa shape index (κ2) is 4.30. The molecule has 2 saturated carbocycles. The molecule has 2 fully saturated rings. The molecule has 2 aliphatic rings. The first-order chi connectivity index (χ1) is 6.81. The van der Waals surface area contributed by atoms with Gasteiger partial charge in [-0.15, -0.1) is 0 Å². The fourth-order valence-electron chi connectivity index (χ4n) is 3.09. The van der Waals surface area contributed by atoms with E-state index < -0.39 is 0 Å². The average molecular weight is 198 g/mol. The van der Waals surface area contributed by atoms with Gasteiger partial charge in [-0.2, -0.15) is 0 Å². The lowest BCUT2D eigenvalue weighted by Crippen LogP contribution is -2.39. The van der Waals surface area contributed by atoms with Crippen molar-refractivity contribution in [3.05, 3.63) is 0 Å². The third-order valence-corrected chi connectivity index (χ3v) is 3.81. The molecule has 14 heavy (non-hydrogen) atoms. The number of carbonyl (C=O) groups is 1. The highest BCUT2D eigenvalue weighted by Gasteiger charge is 2.37. The standard InChI is InChI=1S/C11H18O3/c12-7-14-9-4-5-10-8(6-9)2-1-3-11(10)13/h7-11,13H,1-6H2. The zero-order valence-corrected chi connectivity index (χ0v) is 8.39. The molecule has 0 spiro atoms. The Morgan fingerprint density at radius 3 is 2.86 bits per heavy atom. The van der Waals surface area contributed by atoms with Gasteiger partial charge in [0.1, 0.15) is 6.10 Å². The highest BCUT2D eigenvalue weighted by Crippen LogP contribution is 2.41. The van der Waals surface area contributed by atoms with E-state index in [2.05, 4.69) is 0 Å². The largest absolute Gasteiger partial charge is 0.465 e. The van der Waals surface area contributed by atoms with Crippen LogP contribution in [0.4, 0.5) is 0 Å². The van der Waals surface area contributed by atoms with E-state index in [4.69, 9.17) is 4.74 Å². The maximum atomic E-state index is 10.2. The zero-order valence-electron chi connectivity index (χ0n) is 8.39. The number of carbonyl (C=O) groups excluding carboxylic acids is 1. The molecule has 0 aromatic heterocycles. The molecule has 4 unspecified atom stereocenters. The first kappa shape index (κ1) is 9.97. The van der Waals surface area contributed by atoms with Crippen molar-refractivity contribution >= 4 is 6.47 Å². The van der Waals surface area contributed by atoms with Gasteiger partial charge in [-0.05, 0) is 43.9 Å². The molecule has 2 aliphatic carbocycles. The highest BCUT2D eigenvalue weighted by molar-refractivity contribution is 5.37. The Kier molecular flexibility index (Phi) is 3.06. The van der Waals surface area contributed by atoms with Crippen LogP contribution in [0.25, 0.3) is 0 Å². The predicted molar refractivity (Wildman–Crippen MR) is 51.6 cm³/mol. The van der Waals surface area contributed by atoms with Crippen LogP contribution in [0.2, 0.25) is 0 Å². The lowest BCUT2D eigenvalue weighted by molar-refractivity contribution is -0.138. The number of hydrogen-bond donors (Lipinski definition) is 1. The van der Waals surface area contributed by atoms with Gasteiger partial charge in [0.25, 0.3) is 6.47 Å². The van der Waals surface area contributed by atoms with Gasteiger partial charge in [-0.1, -0.05) is 6.42 Å². The molecule has 0 aliphatic heterocycles. The molecule has 1 N–H and O–H groups in total. The van der Waals surface area contributed by atoms with E-state index in [9.17, 15) is 9.90 Å². The smallest absolute Gasteiger partial charge is 0.293 e. The fraction of sp³-hybridized carbons (Fsp3) is 0.909. The van der Waals surface area contributed by atoms with E-state index in [-0.39, 0.29) is 12.2 Å². The minimum absolute atomic E-state index is 0.106. The van der Waals surface area contributed by atoms with Crippen LogP contribution < -0.4 is 0 Å². The summed E-state index contributed by atoms with van der Waals surface area (Å²) < 4.78 is 5.00. The van der Waals surface area contributed by atoms with Crippen molar-refractivity contribution in [3.8, 4) is 0 Å². The number of rotatable bonds is 2. The molecule has 80 valence electrons. The van der Waals surface area contributed by atoms with Crippen LogP contribution in [-0.4, -0.2) is 23.8 Å². The molecule has 0 radical (unpaired) electrons. The van der Waals surface area contributed by atoms with Crippen molar-refractivity contribution in [1.29, 1.82) is 0 Å². The van der Waals surface area contributed by atoms with Gasteiger partial charge in [0, 0.05) is 0 Å². The second-order valence-electron chi connectivity index (χ2n) is 4.59. The number of fused-ring (bicyclic) bond motifs is 1. The lowest BCUT2D eigenvalue weighted by atomic mass is 9.68. The third-order valence-electron chi connectivity index (χ3n) is 3.81. The molecular formula is C11H18O3. The number of hydrogen-bond acceptors (Lipinski definition) is 3. The topological polar surface area (TPSA) is 46.5 Å². The summed E-state index contributed by atoms with van der Waals surface area (Å²) in [6.45, 7) is 0.560. The Bertz CT molecular complexity index is 205. The maximum absolute atomic E-state index is 10.2. The SMILES string of the molecule is O=COC1CCC2C(O)CCCC2C1. The quantitative estimate of drug-likeness (QED) is 0.684. The average Bonchev–Trinajstić information content (AvgIpc) is 2.18. The monoisotopic (exact) mass is 198 g/mol. The molecule has 0 aromatic carbocycles. The Morgan fingerprint density at radius 1 is 1.21 bits per heavy atom. The molecule has 0 saturated heterocycles. The lowest BCUT2D eigenvalue weighted by Gasteiger charge is -2.41. The van der Waals surface area contributed by atoms with Gasteiger partial charge in [0.05, 0.1) is 6.10 Å². The van der Waals surface area contributed by atoms with Gasteiger partial charge in [0.2, 0.25) is 0 Å². The summed E-state index contributed by atoms with van der Waals surface area (Å²) in [6.07, 6.45) is 6.18.